The van der Waals surface area contributed by atoms with Crippen molar-refractivity contribution >= 4 is 11.6 Å². The van der Waals surface area contributed by atoms with E-state index in [1.807, 2.05) is 0 Å². The van der Waals surface area contributed by atoms with Crippen LogP contribution in [0.4, 0.5) is 13.2 Å². The summed E-state index contributed by atoms with van der Waals surface area (Å²) in [5.41, 5.74) is 0.327. The highest BCUT2D eigenvalue weighted by molar-refractivity contribution is 5.90. The standard InChI is InChI=1S/C16H18F3NO2/c1-3-22-11-5-6-12(13(17)8-11)14-7-4-10(2)16(21)20(14)9-15(18)19/h5-8,10,15H,3-4,9H2,1-2H3. The highest BCUT2D eigenvalue weighted by Crippen LogP contribution is 2.31. The van der Waals surface area contributed by atoms with Crippen molar-refractivity contribution in [2.45, 2.75) is 26.7 Å². The molecule has 0 aromatic heterocycles. The second kappa shape index (κ2) is 6.85. The van der Waals surface area contributed by atoms with E-state index in [-0.39, 0.29) is 17.2 Å². The van der Waals surface area contributed by atoms with Crippen molar-refractivity contribution in [3.8, 4) is 5.75 Å². The summed E-state index contributed by atoms with van der Waals surface area (Å²) in [7, 11) is 0. The Kier molecular flexibility index (Phi) is 5.11. The van der Waals surface area contributed by atoms with Crippen molar-refractivity contribution in [2.75, 3.05) is 13.2 Å². The number of allylic oxidation sites excluding steroid dienone is 1. The molecule has 0 bridgehead atoms. The van der Waals surface area contributed by atoms with Crippen LogP contribution in [0.1, 0.15) is 25.8 Å². The second-order valence-electron chi connectivity index (χ2n) is 5.14. The van der Waals surface area contributed by atoms with Gasteiger partial charge in [-0.15, -0.1) is 0 Å². The summed E-state index contributed by atoms with van der Waals surface area (Å²) in [6.45, 7) is 3.11. The number of rotatable bonds is 5. The highest BCUT2D eigenvalue weighted by atomic mass is 19.3. The van der Waals surface area contributed by atoms with E-state index in [2.05, 4.69) is 0 Å². The van der Waals surface area contributed by atoms with E-state index in [9.17, 15) is 18.0 Å². The zero-order chi connectivity index (χ0) is 16.3. The Bertz CT molecular complexity index is 587. The van der Waals surface area contributed by atoms with Crippen LogP contribution in [0.2, 0.25) is 0 Å². The molecule has 0 saturated carbocycles. The molecule has 6 heteroatoms. The van der Waals surface area contributed by atoms with Crippen molar-refractivity contribution in [3.05, 3.63) is 35.7 Å². The molecule has 1 atom stereocenters. The number of amides is 1. The molecule has 0 spiro atoms. The molecule has 2 rings (SSSR count). The molecule has 0 saturated heterocycles. The molecule has 1 amide bonds. The molecular weight excluding hydrogens is 295 g/mol. The molecular formula is C16H18F3NO2. The SMILES string of the molecule is CCOc1ccc(C2=CCC(C)C(=O)N2CC(F)F)c(F)c1. The molecule has 22 heavy (non-hydrogen) atoms. The van der Waals surface area contributed by atoms with Gasteiger partial charge >= 0.3 is 0 Å². The zero-order valence-corrected chi connectivity index (χ0v) is 12.5. The fourth-order valence-corrected chi connectivity index (χ4v) is 2.43. The largest absolute Gasteiger partial charge is 0.494 e. The molecule has 0 aliphatic carbocycles. The minimum absolute atomic E-state index is 0.129. The van der Waals surface area contributed by atoms with E-state index < -0.39 is 24.7 Å². The van der Waals surface area contributed by atoms with Gasteiger partial charge in [0.15, 0.2) is 0 Å². The maximum atomic E-state index is 14.2. The minimum atomic E-state index is -2.68. The number of alkyl halides is 2. The van der Waals surface area contributed by atoms with E-state index >= 15 is 0 Å². The van der Waals surface area contributed by atoms with Crippen molar-refractivity contribution < 1.29 is 22.7 Å². The first kappa shape index (κ1) is 16.4. The van der Waals surface area contributed by atoms with Gasteiger partial charge in [-0.25, -0.2) is 13.2 Å². The summed E-state index contributed by atoms with van der Waals surface area (Å²) in [5.74, 6) is -1.03. The lowest BCUT2D eigenvalue weighted by molar-refractivity contribution is -0.133. The van der Waals surface area contributed by atoms with Gasteiger partial charge in [-0.05, 0) is 25.5 Å². The molecule has 1 aliphatic heterocycles. The van der Waals surface area contributed by atoms with Crippen LogP contribution in [0.3, 0.4) is 0 Å². The predicted molar refractivity (Wildman–Crippen MR) is 77.0 cm³/mol. The number of hydrogen-bond acceptors (Lipinski definition) is 2. The Balaban J connectivity index is 2.37. The van der Waals surface area contributed by atoms with Gasteiger partial charge in [-0.1, -0.05) is 13.0 Å². The first-order chi connectivity index (χ1) is 10.4. The lowest BCUT2D eigenvalue weighted by Crippen LogP contribution is -2.39. The number of carbonyl (C=O) groups excluding carboxylic acids is 1. The van der Waals surface area contributed by atoms with E-state index in [0.717, 1.165) is 4.90 Å². The third kappa shape index (κ3) is 3.43. The average molecular weight is 313 g/mol. The Labute approximate surface area is 127 Å². The number of carbonyl (C=O) groups is 1. The van der Waals surface area contributed by atoms with Crippen LogP contribution in [0.25, 0.3) is 5.70 Å². The molecule has 120 valence electrons. The Morgan fingerprint density at radius 2 is 2.14 bits per heavy atom. The van der Waals surface area contributed by atoms with Gasteiger partial charge in [0.25, 0.3) is 6.43 Å². The van der Waals surface area contributed by atoms with Gasteiger partial charge in [0, 0.05) is 17.5 Å². The monoisotopic (exact) mass is 313 g/mol. The second-order valence-corrected chi connectivity index (χ2v) is 5.14. The quantitative estimate of drug-likeness (QED) is 0.829. The van der Waals surface area contributed by atoms with Crippen molar-refractivity contribution in [1.82, 2.24) is 4.90 Å². The Hall–Kier alpha value is -1.98. The fraction of sp³-hybridized carbons (Fsp3) is 0.438. The molecule has 1 aromatic rings. The summed E-state index contributed by atoms with van der Waals surface area (Å²) in [5, 5.41) is 0. The minimum Gasteiger partial charge on any atom is -0.494 e. The molecule has 0 radical (unpaired) electrons. The van der Waals surface area contributed by atoms with Gasteiger partial charge in [-0.2, -0.15) is 0 Å². The average Bonchev–Trinajstić information content (AvgIpc) is 2.45. The van der Waals surface area contributed by atoms with Gasteiger partial charge < -0.3 is 9.64 Å². The normalized spacial score (nSPS) is 18.6. The number of benzene rings is 1. The van der Waals surface area contributed by atoms with Crippen LogP contribution in [0.5, 0.6) is 5.75 Å². The first-order valence-corrected chi connectivity index (χ1v) is 7.16. The molecule has 3 nitrogen and oxygen atoms in total. The third-order valence-electron chi connectivity index (χ3n) is 3.49. The van der Waals surface area contributed by atoms with Crippen molar-refractivity contribution in [1.29, 1.82) is 0 Å². The van der Waals surface area contributed by atoms with Crippen molar-refractivity contribution in [2.24, 2.45) is 5.92 Å². The summed E-state index contributed by atoms with van der Waals surface area (Å²) in [6.07, 6.45) is -0.642. The van der Waals surface area contributed by atoms with Crippen LogP contribution in [-0.4, -0.2) is 30.4 Å². The molecule has 0 fully saturated rings. The summed E-state index contributed by atoms with van der Waals surface area (Å²) >= 11 is 0. The van der Waals surface area contributed by atoms with Gasteiger partial charge in [0.2, 0.25) is 5.91 Å². The highest BCUT2D eigenvalue weighted by Gasteiger charge is 2.31. The predicted octanol–water partition coefficient (Wildman–Crippen LogP) is 3.70. The van der Waals surface area contributed by atoms with E-state index in [0.29, 0.717) is 18.8 Å². The lowest BCUT2D eigenvalue weighted by atomic mass is 9.97. The molecule has 1 unspecified atom stereocenters. The molecule has 1 aliphatic rings. The van der Waals surface area contributed by atoms with Gasteiger partial charge in [0.1, 0.15) is 11.6 Å². The van der Waals surface area contributed by atoms with Crippen LogP contribution < -0.4 is 4.74 Å². The maximum absolute atomic E-state index is 14.2. The number of halogens is 3. The van der Waals surface area contributed by atoms with Crippen LogP contribution in [0, 0.1) is 11.7 Å². The van der Waals surface area contributed by atoms with Crippen molar-refractivity contribution in [3.63, 3.8) is 0 Å². The number of ether oxygens (including phenoxy) is 1. The maximum Gasteiger partial charge on any atom is 0.256 e. The molecule has 1 aromatic carbocycles. The fourth-order valence-electron chi connectivity index (χ4n) is 2.43. The van der Waals surface area contributed by atoms with E-state index in [4.69, 9.17) is 4.74 Å². The Morgan fingerprint density at radius 3 is 2.73 bits per heavy atom. The molecule has 0 N–H and O–H groups in total. The summed E-state index contributed by atoms with van der Waals surface area (Å²) in [6, 6.07) is 4.21. The van der Waals surface area contributed by atoms with E-state index in [1.165, 1.54) is 12.1 Å². The number of hydrogen-bond donors (Lipinski definition) is 0. The van der Waals surface area contributed by atoms with E-state index in [1.54, 1.807) is 26.0 Å². The lowest BCUT2D eigenvalue weighted by Gasteiger charge is -2.32. The van der Waals surface area contributed by atoms with Crippen LogP contribution in [-0.2, 0) is 4.79 Å². The third-order valence-corrected chi connectivity index (χ3v) is 3.49. The first-order valence-electron chi connectivity index (χ1n) is 7.16. The zero-order valence-electron chi connectivity index (χ0n) is 12.5. The summed E-state index contributed by atoms with van der Waals surface area (Å²) < 4.78 is 44.9. The summed E-state index contributed by atoms with van der Waals surface area (Å²) in [4.78, 5) is 13.1. The van der Waals surface area contributed by atoms with Crippen LogP contribution in [0.15, 0.2) is 24.3 Å². The molecule has 1 heterocycles. The van der Waals surface area contributed by atoms with Gasteiger partial charge in [-0.3, -0.25) is 4.79 Å². The number of nitrogens with zero attached hydrogens (tertiary/aromatic N) is 1. The smallest absolute Gasteiger partial charge is 0.256 e. The Morgan fingerprint density at radius 1 is 1.41 bits per heavy atom. The van der Waals surface area contributed by atoms with Crippen LogP contribution >= 0.6 is 0 Å². The van der Waals surface area contributed by atoms with Gasteiger partial charge in [0.05, 0.1) is 18.8 Å². The topological polar surface area (TPSA) is 29.5 Å².